The fourth-order valence-corrected chi connectivity index (χ4v) is 2.18. The maximum absolute atomic E-state index is 12.3. The van der Waals surface area contributed by atoms with E-state index < -0.39 is 5.97 Å². The van der Waals surface area contributed by atoms with Crippen molar-refractivity contribution in [2.45, 2.75) is 0 Å². The van der Waals surface area contributed by atoms with Gasteiger partial charge in [0.05, 0.1) is 18.4 Å². The Hall–Kier alpha value is -3.09. The molecule has 2 heterocycles. The fourth-order valence-electron chi connectivity index (χ4n) is 2.18. The number of nitrogens with one attached hydrogen (secondary N) is 2. The van der Waals surface area contributed by atoms with Crippen molar-refractivity contribution in [3.63, 3.8) is 0 Å². The highest BCUT2D eigenvalue weighted by molar-refractivity contribution is 6.04. The number of esters is 1. The van der Waals surface area contributed by atoms with Crippen LogP contribution in [0.15, 0.2) is 36.5 Å². The number of rotatable bonds is 3. The van der Waals surface area contributed by atoms with Crippen molar-refractivity contribution in [1.29, 1.82) is 0 Å². The zero-order valence-corrected chi connectivity index (χ0v) is 12.5. The molecule has 1 aromatic heterocycles. The van der Waals surface area contributed by atoms with Crippen LogP contribution in [0.25, 0.3) is 0 Å². The lowest BCUT2D eigenvalue weighted by Crippen LogP contribution is -2.19. The number of fused-ring (bicyclic) bond motifs is 1. The topological polar surface area (TPSA) is 89.5 Å². The summed E-state index contributed by atoms with van der Waals surface area (Å²) >= 11 is 0. The highest BCUT2D eigenvalue weighted by Gasteiger charge is 2.14. The average Bonchev–Trinajstić information content (AvgIpc) is 2.61. The largest absolute Gasteiger partial charge is 0.490 e. The number of carbonyl (C=O) groups is 2. The van der Waals surface area contributed by atoms with Crippen molar-refractivity contribution in [3.05, 3.63) is 47.7 Å². The number of amides is 1. The molecule has 2 N–H and O–H groups in total. The minimum absolute atomic E-state index is 0.293. The third-order valence-corrected chi connectivity index (χ3v) is 3.34. The molecule has 7 nitrogen and oxygen atoms in total. The Balaban J connectivity index is 1.72. The zero-order valence-electron chi connectivity index (χ0n) is 12.5. The van der Waals surface area contributed by atoms with Crippen molar-refractivity contribution < 1.29 is 19.1 Å². The molecule has 0 saturated carbocycles. The molecular formula is C16H15N3O4. The van der Waals surface area contributed by atoms with E-state index in [2.05, 4.69) is 20.4 Å². The second-order valence-electron chi connectivity index (χ2n) is 4.86. The van der Waals surface area contributed by atoms with Crippen molar-refractivity contribution in [1.82, 2.24) is 4.98 Å². The Kier molecular flexibility index (Phi) is 4.09. The molecule has 3 rings (SSSR count). The number of methoxy groups -OCH3 is 1. The summed E-state index contributed by atoms with van der Waals surface area (Å²) < 4.78 is 10.1. The summed E-state index contributed by atoms with van der Waals surface area (Å²) in [6.07, 6.45) is 1.35. The number of pyridine rings is 1. The van der Waals surface area contributed by atoms with Gasteiger partial charge in [-0.05, 0) is 30.3 Å². The fraction of sp³-hybridized carbons (Fsp3) is 0.188. The van der Waals surface area contributed by atoms with Crippen molar-refractivity contribution in [2.75, 3.05) is 30.9 Å². The lowest BCUT2D eigenvalue weighted by atomic mass is 10.1. The van der Waals surface area contributed by atoms with E-state index in [0.717, 1.165) is 11.4 Å². The lowest BCUT2D eigenvalue weighted by molar-refractivity contribution is 0.0600. The van der Waals surface area contributed by atoms with Gasteiger partial charge in [0.25, 0.3) is 5.91 Å². The van der Waals surface area contributed by atoms with Crippen LogP contribution in [0.4, 0.5) is 11.5 Å². The molecule has 0 bridgehead atoms. The molecule has 7 heteroatoms. The summed E-state index contributed by atoms with van der Waals surface area (Å²) in [5, 5.41) is 5.85. The summed E-state index contributed by atoms with van der Waals surface area (Å²) in [6, 6.07) is 8.25. The van der Waals surface area contributed by atoms with E-state index in [1.54, 1.807) is 24.3 Å². The molecule has 23 heavy (non-hydrogen) atoms. The molecule has 0 unspecified atom stereocenters. The van der Waals surface area contributed by atoms with E-state index >= 15 is 0 Å². The molecule has 1 aromatic carbocycles. The minimum atomic E-state index is -0.476. The first-order valence-electron chi connectivity index (χ1n) is 7.04. The zero-order chi connectivity index (χ0) is 16.2. The van der Waals surface area contributed by atoms with Crippen LogP contribution in [0.5, 0.6) is 5.75 Å². The van der Waals surface area contributed by atoms with E-state index in [1.807, 2.05) is 0 Å². The maximum Gasteiger partial charge on any atom is 0.339 e. The summed E-state index contributed by atoms with van der Waals surface area (Å²) in [7, 11) is 1.30. The third-order valence-electron chi connectivity index (χ3n) is 3.34. The van der Waals surface area contributed by atoms with Gasteiger partial charge in [-0.3, -0.25) is 4.79 Å². The first kappa shape index (κ1) is 14.8. The van der Waals surface area contributed by atoms with Crippen molar-refractivity contribution >= 4 is 23.4 Å². The molecule has 0 fully saturated rings. The van der Waals surface area contributed by atoms with Gasteiger partial charge < -0.3 is 20.1 Å². The molecule has 1 amide bonds. The van der Waals surface area contributed by atoms with Gasteiger partial charge in [-0.15, -0.1) is 0 Å². The van der Waals surface area contributed by atoms with Crippen LogP contribution in [0.1, 0.15) is 20.7 Å². The molecule has 0 spiro atoms. The number of aromatic nitrogens is 1. The SMILES string of the molecule is COC(=O)c1ccc(NC(=O)c2ccc3c(c2)NCCO3)nc1. The van der Waals surface area contributed by atoms with Crippen molar-refractivity contribution in [2.24, 2.45) is 0 Å². The predicted molar refractivity (Wildman–Crippen MR) is 84.0 cm³/mol. The number of anilines is 2. The van der Waals surface area contributed by atoms with Gasteiger partial charge >= 0.3 is 5.97 Å². The number of benzene rings is 1. The second kappa shape index (κ2) is 6.35. The molecular weight excluding hydrogens is 298 g/mol. The van der Waals surface area contributed by atoms with Gasteiger partial charge in [-0.1, -0.05) is 0 Å². The van der Waals surface area contributed by atoms with Crippen LogP contribution in [0, 0.1) is 0 Å². The molecule has 1 aliphatic rings. The van der Waals surface area contributed by atoms with Gasteiger partial charge in [0.1, 0.15) is 18.2 Å². The number of carbonyl (C=O) groups excluding carboxylic acids is 2. The Morgan fingerprint density at radius 3 is 2.83 bits per heavy atom. The number of hydrogen-bond donors (Lipinski definition) is 2. The minimum Gasteiger partial charge on any atom is -0.490 e. The van der Waals surface area contributed by atoms with Crippen molar-refractivity contribution in [3.8, 4) is 5.75 Å². The Morgan fingerprint density at radius 1 is 1.26 bits per heavy atom. The number of ether oxygens (including phenoxy) is 2. The summed E-state index contributed by atoms with van der Waals surface area (Å²) in [6.45, 7) is 1.31. The quantitative estimate of drug-likeness (QED) is 0.842. The van der Waals surface area contributed by atoms with Crippen LogP contribution in [-0.4, -0.2) is 37.1 Å². The standard InChI is InChI=1S/C16H15N3O4/c1-22-16(21)11-3-5-14(18-9-11)19-15(20)10-2-4-13-12(8-10)17-6-7-23-13/h2-5,8-9,17H,6-7H2,1H3,(H,18,19,20). The van der Waals surface area contributed by atoms with E-state index in [-0.39, 0.29) is 5.91 Å². The molecule has 118 valence electrons. The van der Waals surface area contributed by atoms with E-state index in [9.17, 15) is 9.59 Å². The Bertz CT molecular complexity index is 743. The van der Waals surface area contributed by atoms with E-state index in [1.165, 1.54) is 19.4 Å². The summed E-state index contributed by atoms with van der Waals surface area (Å²) in [5.41, 5.74) is 1.60. The average molecular weight is 313 g/mol. The maximum atomic E-state index is 12.3. The Morgan fingerprint density at radius 2 is 2.09 bits per heavy atom. The lowest BCUT2D eigenvalue weighted by Gasteiger charge is -2.19. The second-order valence-corrected chi connectivity index (χ2v) is 4.86. The van der Waals surface area contributed by atoms with Crippen LogP contribution in [-0.2, 0) is 4.74 Å². The first-order chi connectivity index (χ1) is 11.2. The number of nitrogens with zero attached hydrogens (tertiary/aromatic N) is 1. The normalized spacial score (nSPS) is 12.4. The van der Waals surface area contributed by atoms with Crippen LogP contribution in [0.3, 0.4) is 0 Å². The Labute approximate surface area is 132 Å². The van der Waals surface area contributed by atoms with Gasteiger partial charge in [-0.25, -0.2) is 9.78 Å². The smallest absolute Gasteiger partial charge is 0.339 e. The summed E-state index contributed by atoms with van der Waals surface area (Å²) in [5.74, 6) is 0.313. The molecule has 1 aliphatic heterocycles. The van der Waals surface area contributed by atoms with Gasteiger partial charge in [0, 0.05) is 18.3 Å². The van der Waals surface area contributed by atoms with Gasteiger partial charge in [0.15, 0.2) is 0 Å². The van der Waals surface area contributed by atoms with Crippen LogP contribution in [0.2, 0.25) is 0 Å². The number of hydrogen-bond acceptors (Lipinski definition) is 6. The third kappa shape index (κ3) is 3.23. The molecule has 0 saturated heterocycles. The summed E-state index contributed by atoms with van der Waals surface area (Å²) in [4.78, 5) is 27.6. The van der Waals surface area contributed by atoms with E-state index in [0.29, 0.717) is 30.1 Å². The van der Waals surface area contributed by atoms with Gasteiger partial charge in [0.2, 0.25) is 0 Å². The highest BCUT2D eigenvalue weighted by atomic mass is 16.5. The molecule has 0 radical (unpaired) electrons. The van der Waals surface area contributed by atoms with E-state index in [4.69, 9.17) is 4.74 Å². The first-order valence-corrected chi connectivity index (χ1v) is 7.04. The monoisotopic (exact) mass is 313 g/mol. The van der Waals surface area contributed by atoms with Gasteiger partial charge in [-0.2, -0.15) is 0 Å². The molecule has 0 atom stereocenters. The predicted octanol–water partition coefficient (Wildman–Crippen LogP) is 1.92. The molecule has 0 aliphatic carbocycles. The van der Waals surface area contributed by atoms with Crippen LogP contribution >= 0.6 is 0 Å². The highest BCUT2D eigenvalue weighted by Crippen LogP contribution is 2.28. The molecule has 2 aromatic rings. The van der Waals surface area contributed by atoms with Crippen LogP contribution < -0.4 is 15.4 Å².